The first-order valence-corrected chi connectivity index (χ1v) is 5.17. The van der Waals surface area contributed by atoms with Crippen LogP contribution in [0.5, 0.6) is 5.75 Å². The molecule has 4 nitrogen and oxygen atoms in total. The van der Waals surface area contributed by atoms with E-state index in [9.17, 15) is 4.79 Å². The highest BCUT2D eigenvalue weighted by Crippen LogP contribution is 2.24. The molecule has 4 heteroatoms. The fourth-order valence-electron chi connectivity index (χ4n) is 1.47. The average Bonchev–Trinajstić information content (AvgIpc) is 2.22. The number of para-hydroxylation sites is 1. The highest BCUT2D eigenvalue weighted by molar-refractivity contribution is 5.71. The molecule has 1 amide bonds. The number of hydrogen-bond acceptors (Lipinski definition) is 3. The van der Waals surface area contributed by atoms with Crippen LogP contribution in [0.1, 0.15) is 11.1 Å². The van der Waals surface area contributed by atoms with Gasteiger partial charge in [-0.1, -0.05) is 18.2 Å². The second-order valence-electron chi connectivity index (χ2n) is 3.94. The summed E-state index contributed by atoms with van der Waals surface area (Å²) in [4.78, 5) is 13.3. The maximum absolute atomic E-state index is 11.2. The van der Waals surface area contributed by atoms with Gasteiger partial charge in [0.2, 0.25) is 0 Å². The van der Waals surface area contributed by atoms with Crippen LogP contribution < -0.4 is 10.1 Å². The molecule has 0 fully saturated rings. The van der Waals surface area contributed by atoms with Crippen molar-refractivity contribution in [1.29, 1.82) is 0 Å². The Bertz CT molecular complexity index is 375. The summed E-state index contributed by atoms with van der Waals surface area (Å²) in [5.74, 6) is 0.649. The minimum atomic E-state index is -0.436. The van der Waals surface area contributed by atoms with Crippen LogP contribution in [-0.4, -0.2) is 32.1 Å². The molecule has 0 spiro atoms. The SMILES string of the molecule is CNC(=O)Oc1c(C)cccc1CN(C)C. The smallest absolute Gasteiger partial charge is 0.410 e. The fourth-order valence-corrected chi connectivity index (χ4v) is 1.47. The third-order valence-electron chi connectivity index (χ3n) is 2.18. The number of rotatable bonds is 3. The molecule has 0 aliphatic carbocycles. The second-order valence-corrected chi connectivity index (χ2v) is 3.94. The van der Waals surface area contributed by atoms with Crippen LogP contribution in [0.2, 0.25) is 0 Å². The van der Waals surface area contributed by atoms with Gasteiger partial charge in [0.15, 0.2) is 0 Å². The van der Waals surface area contributed by atoms with E-state index in [4.69, 9.17) is 4.74 Å². The number of carbonyl (C=O) groups excluding carboxylic acids is 1. The summed E-state index contributed by atoms with van der Waals surface area (Å²) in [6, 6.07) is 5.85. The number of benzene rings is 1. The van der Waals surface area contributed by atoms with Gasteiger partial charge < -0.3 is 15.0 Å². The molecule has 0 heterocycles. The van der Waals surface area contributed by atoms with Gasteiger partial charge in [-0.05, 0) is 26.6 Å². The van der Waals surface area contributed by atoms with Crippen molar-refractivity contribution in [2.24, 2.45) is 0 Å². The fraction of sp³-hybridized carbons (Fsp3) is 0.417. The molecule has 1 aromatic carbocycles. The number of amides is 1. The first kappa shape index (κ1) is 12.5. The Morgan fingerprint density at radius 2 is 2.12 bits per heavy atom. The summed E-state index contributed by atoms with van der Waals surface area (Å²) in [5.41, 5.74) is 1.97. The van der Waals surface area contributed by atoms with Gasteiger partial charge in [-0.3, -0.25) is 0 Å². The number of hydrogen-bond donors (Lipinski definition) is 1. The molecule has 1 rings (SSSR count). The van der Waals surface area contributed by atoms with Crippen molar-refractivity contribution < 1.29 is 9.53 Å². The van der Waals surface area contributed by atoms with Gasteiger partial charge in [0.1, 0.15) is 5.75 Å². The van der Waals surface area contributed by atoms with Crippen LogP contribution in [0.3, 0.4) is 0 Å². The summed E-state index contributed by atoms with van der Waals surface area (Å²) < 4.78 is 5.25. The zero-order chi connectivity index (χ0) is 12.1. The van der Waals surface area contributed by atoms with Crippen molar-refractivity contribution in [3.8, 4) is 5.75 Å². The Morgan fingerprint density at radius 1 is 1.44 bits per heavy atom. The summed E-state index contributed by atoms with van der Waals surface area (Å²) in [5, 5.41) is 2.45. The molecular formula is C12H18N2O2. The van der Waals surface area contributed by atoms with E-state index in [1.807, 2.05) is 44.1 Å². The maximum Gasteiger partial charge on any atom is 0.412 e. The largest absolute Gasteiger partial charge is 0.412 e. The number of aryl methyl sites for hydroxylation is 1. The Labute approximate surface area is 96.2 Å². The van der Waals surface area contributed by atoms with Crippen molar-refractivity contribution in [3.05, 3.63) is 29.3 Å². The monoisotopic (exact) mass is 222 g/mol. The summed E-state index contributed by atoms with van der Waals surface area (Å²) in [7, 11) is 5.50. The van der Waals surface area contributed by atoms with E-state index in [0.29, 0.717) is 5.75 Å². The minimum absolute atomic E-state index is 0.436. The summed E-state index contributed by atoms with van der Waals surface area (Å²) >= 11 is 0. The maximum atomic E-state index is 11.2. The van der Waals surface area contributed by atoms with Gasteiger partial charge in [-0.2, -0.15) is 0 Å². The predicted octanol–water partition coefficient (Wildman–Crippen LogP) is 1.77. The summed E-state index contributed by atoms with van der Waals surface area (Å²) in [6.45, 7) is 2.67. The van der Waals surface area contributed by atoms with Crippen LogP contribution in [-0.2, 0) is 6.54 Å². The predicted molar refractivity (Wildman–Crippen MR) is 63.7 cm³/mol. The minimum Gasteiger partial charge on any atom is -0.410 e. The third-order valence-corrected chi connectivity index (χ3v) is 2.18. The first-order chi connectivity index (χ1) is 7.54. The molecule has 0 atom stereocenters. The normalized spacial score (nSPS) is 10.3. The standard InChI is InChI=1S/C12H18N2O2/c1-9-6-5-7-10(8-14(3)4)11(9)16-12(15)13-2/h5-7H,8H2,1-4H3,(H,13,15). The van der Waals surface area contributed by atoms with Gasteiger partial charge in [0.25, 0.3) is 0 Å². The lowest BCUT2D eigenvalue weighted by molar-refractivity contribution is 0.201. The van der Waals surface area contributed by atoms with E-state index in [-0.39, 0.29) is 0 Å². The van der Waals surface area contributed by atoms with Crippen LogP contribution >= 0.6 is 0 Å². The zero-order valence-electron chi connectivity index (χ0n) is 10.2. The van der Waals surface area contributed by atoms with Gasteiger partial charge in [0.05, 0.1) is 0 Å². The van der Waals surface area contributed by atoms with Gasteiger partial charge >= 0.3 is 6.09 Å². The number of ether oxygens (including phenoxy) is 1. The molecule has 0 unspecified atom stereocenters. The molecular weight excluding hydrogens is 204 g/mol. The number of nitrogens with zero attached hydrogens (tertiary/aromatic N) is 1. The van der Waals surface area contributed by atoms with Gasteiger partial charge in [0, 0.05) is 19.2 Å². The van der Waals surface area contributed by atoms with Gasteiger partial charge in [-0.15, -0.1) is 0 Å². The molecule has 0 saturated heterocycles. The Balaban J connectivity index is 2.98. The Morgan fingerprint density at radius 3 is 2.69 bits per heavy atom. The third kappa shape index (κ3) is 3.24. The van der Waals surface area contributed by atoms with Crippen LogP contribution in [0.25, 0.3) is 0 Å². The number of carbonyl (C=O) groups is 1. The van der Waals surface area contributed by atoms with E-state index < -0.39 is 6.09 Å². The molecule has 0 saturated carbocycles. The van der Waals surface area contributed by atoms with E-state index in [0.717, 1.165) is 17.7 Å². The lowest BCUT2D eigenvalue weighted by Crippen LogP contribution is -2.23. The van der Waals surface area contributed by atoms with E-state index in [1.165, 1.54) is 0 Å². The molecule has 1 aromatic rings. The van der Waals surface area contributed by atoms with E-state index in [1.54, 1.807) is 7.05 Å². The topological polar surface area (TPSA) is 41.6 Å². The highest BCUT2D eigenvalue weighted by atomic mass is 16.6. The van der Waals surface area contributed by atoms with Crippen molar-refractivity contribution in [1.82, 2.24) is 10.2 Å². The van der Waals surface area contributed by atoms with Crippen molar-refractivity contribution >= 4 is 6.09 Å². The second kappa shape index (κ2) is 5.51. The van der Waals surface area contributed by atoms with Crippen molar-refractivity contribution in [3.63, 3.8) is 0 Å². The Hall–Kier alpha value is -1.55. The molecule has 0 bridgehead atoms. The van der Waals surface area contributed by atoms with Crippen LogP contribution in [0, 0.1) is 6.92 Å². The van der Waals surface area contributed by atoms with Gasteiger partial charge in [-0.25, -0.2) is 4.79 Å². The molecule has 88 valence electrons. The van der Waals surface area contributed by atoms with Crippen LogP contribution in [0.15, 0.2) is 18.2 Å². The molecule has 0 aromatic heterocycles. The lowest BCUT2D eigenvalue weighted by atomic mass is 10.1. The lowest BCUT2D eigenvalue weighted by Gasteiger charge is -2.15. The number of nitrogens with one attached hydrogen (secondary N) is 1. The van der Waals surface area contributed by atoms with Crippen molar-refractivity contribution in [2.45, 2.75) is 13.5 Å². The molecule has 0 aliphatic rings. The van der Waals surface area contributed by atoms with E-state index >= 15 is 0 Å². The first-order valence-electron chi connectivity index (χ1n) is 5.17. The summed E-state index contributed by atoms with van der Waals surface area (Å²) in [6.07, 6.45) is -0.436. The zero-order valence-corrected chi connectivity index (χ0v) is 10.2. The molecule has 16 heavy (non-hydrogen) atoms. The molecule has 0 radical (unpaired) electrons. The van der Waals surface area contributed by atoms with Crippen molar-refractivity contribution in [2.75, 3.05) is 21.1 Å². The Kier molecular flexibility index (Phi) is 4.31. The van der Waals surface area contributed by atoms with E-state index in [2.05, 4.69) is 5.32 Å². The molecule has 1 N–H and O–H groups in total. The quantitative estimate of drug-likeness (QED) is 0.847. The molecule has 0 aliphatic heterocycles. The van der Waals surface area contributed by atoms with Crippen LogP contribution in [0.4, 0.5) is 4.79 Å². The average molecular weight is 222 g/mol. The highest BCUT2D eigenvalue weighted by Gasteiger charge is 2.11.